The lowest BCUT2D eigenvalue weighted by molar-refractivity contribution is -0.131. The lowest BCUT2D eigenvalue weighted by atomic mass is 10.0. The van der Waals surface area contributed by atoms with Gasteiger partial charge in [-0.3, -0.25) is 9.59 Å². The Kier molecular flexibility index (Phi) is 6.75. The molecule has 0 unspecified atom stereocenters. The Balaban J connectivity index is 1.52. The number of carbonyl (C=O) groups is 2. The number of aryl methyl sites for hydroxylation is 1. The first-order chi connectivity index (χ1) is 14.0. The van der Waals surface area contributed by atoms with Crippen LogP contribution in [-0.2, 0) is 11.2 Å². The summed E-state index contributed by atoms with van der Waals surface area (Å²) in [6, 6.07) is 13.1. The molecule has 6 heteroatoms. The topological polar surface area (TPSA) is 67.9 Å². The lowest BCUT2D eigenvalue weighted by Crippen LogP contribution is -2.47. The maximum atomic E-state index is 12.6. The predicted molar refractivity (Wildman–Crippen MR) is 111 cm³/mol. The molecule has 0 radical (unpaired) electrons. The second-order valence-electron chi connectivity index (χ2n) is 7.30. The van der Waals surface area contributed by atoms with Crippen molar-refractivity contribution in [1.82, 2.24) is 10.2 Å². The molecule has 1 heterocycles. The van der Waals surface area contributed by atoms with Crippen molar-refractivity contribution in [2.75, 3.05) is 27.3 Å². The first-order valence-corrected chi connectivity index (χ1v) is 9.87. The standard InChI is InChI=1S/C23H28N2O4/c1-16-6-4-5-7-17(16)15-22(26)25-12-10-19(11-13-25)24-23(27)18-8-9-20(28-2)21(14-18)29-3/h4-9,14,19H,10-13,15H2,1-3H3,(H,24,27). The van der Waals surface area contributed by atoms with E-state index >= 15 is 0 Å². The van der Waals surface area contributed by atoms with Crippen molar-refractivity contribution in [2.24, 2.45) is 0 Å². The summed E-state index contributed by atoms with van der Waals surface area (Å²) in [7, 11) is 3.11. The average Bonchev–Trinajstić information content (AvgIpc) is 2.75. The van der Waals surface area contributed by atoms with E-state index in [-0.39, 0.29) is 17.9 Å². The van der Waals surface area contributed by atoms with Crippen LogP contribution in [0.3, 0.4) is 0 Å². The molecule has 0 saturated carbocycles. The van der Waals surface area contributed by atoms with E-state index < -0.39 is 0 Å². The molecule has 1 fully saturated rings. The van der Waals surface area contributed by atoms with Crippen LogP contribution in [0.25, 0.3) is 0 Å². The van der Waals surface area contributed by atoms with E-state index in [4.69, 9.17) is 9.47 Å². The van der Waals surface area contributed by atoms with Crippen molar-refractivity contribution < 1.29 is 19.1 Å². The Morgan fingerprint density at radius 3 is 2.38 bits per heavy atom. The minimum Gasteiger partial charge on any atom is -0.493 e. The third-order valence-electron chi connectivity index (χ3n) is 5.43. The number of likely N-dealkylation sites (tertiary alicyclic amines) is 1. The van der Waals surface area contributed by atoms with Gasteiger partial charge >= 0.3 is 0 Å². The number of benzene rings is 2. The van der Waals surface area contributed by atoms with Crippen molar-refractivity contribution in [2.45, 2.75) is 32.2 Å². The molecule has 154 valence electrons. The molecule has 1 aliphatic heterocycles. The first kappa shape index (κ1) is 20.7. The van der Waals surface area contributed by atoms with Gasteiger partial charge in [0, 0.05) is 24.7 Å². The SMILES string of the molecule is COc1ccc(C(=O)NC2CCN(C(=O)Cc3ccccc3C)CC2)cc1OC. The molecule has 29 heavy (non-hydrogen) atoms. The van der Waals surface area contributed by atoms with E-state index in [1.165, 1.54) is 0 Å². The summed E-state index contributed by atoms with van der Waals surface area (Å²) in [5, 5.41) is 3.07. The van der Waals surface area contributed by atoms with Gasteiger partial charge in [0.05, 0.1) is 20.6 Å². The highest BCUT2D eigenvalue weighted by molar-refractivity contribution is 5.95. The number of nitrogens with zero attached hydrogens (tertiary/aromatic N) is 1. The third kappa shape index (κ3) is 5.08. The molecule has 1 N–H and O–H groups in total. The van der Waals surface area contributed by atoms with Gasteiger partial charge in [-0.2, -0.15) is 0 Å². The smallest absolute Gasteiger partial charge is 0.251 e. The van der Waals surface area contributed by atoms with E-state index in [2.05, 4.69) is 5.32 Å². The van der Waals surface area contributed by atoms with Gasteiger partial charge in [-0.05, 0) is 49.1 Å². The normalized spacial score (nSPS) is 14.4. The van der Waals surface area contributed by atoms with E-state index in [1.807, 2.05) is 36.1 Å². The molecular weight excluding hydrogens is 368 g/mol. The molecule has 2 aromatic rings. The van der Waals surface area contributed by atoms with E-state index in [0.29, 0.717) is 36.6 Å². The van der Waals surface area contributed by atoms with Gasteiger partial charge in [-0.1, -0.05) is 24.3 Å². The van der Waals surface area contributed by atoms with Crippen LogP contribution in [0.15, 0.2) is 42.5 Å². The molecule has 2 aromatic carbocycles. The van der Waals surface area contributed by atoms with Crippen LogP contribution < -0.4 is 14.8 Å². The van der Waals surface area contributed by atoms with Crippen molar-refractivity contribution in [3.63, 3.8) is 0 Å². The lowest BCUT2D eigenvalue weighted by Gasteiger charge is -2.32. The number of methoxy groups -OCH3 is 2. The maximum absolute atomic E-state index is 12.6. The molecule has 2 amide bonds. The van der Waals surface area contributed by atoms with E-state index in [0.717, 1.165) is 24.0 Å². The van der Waals surface area contributed by atoms with Crippen molar-refractivity contribution >= 4 is 11.8 Å². The van der Waals surface area contributed by atoms with Crippen LogP contribution >= 0.6 is 0 Å². The Morgan fingerprint density at radius 1 is 1.03 bits per heavy atom. The fourth-order valence-corrected chi connectivity index (χ4v) is 3.60. The van der Waals surface area contributed by atoms with Crippen molar-refractivity contribution in [1.29, 1.82) is 0 Å². The summed E-state index contributed by atoms with van der Waals surface area (Å²) in [4.78, 5) is 27.1. The summed E-state index contributed by atoms with van der Waals surface area (Å²) in [5.74, 6) is 1.11. The van der Waals surface area contributed by atoms with Gasteiger partial charge in [0.15, 0.2) is 11.5 Å². The van der Waals surface area contributed by atoms with Gasteiger partial charge < -0.3 is 19.7 Å². The molecule has 3 rings (SSSR count). The summed E-state index contributed by atoms with van der Waals surface area (Å²) in [6.07, 6.45) is 1.92. The minimum atomic E-state index is -0.143. The van der Waals surface area contributed by atoms with Gasteiger partial charge in [0.1, 0.15) is 0 Å². The highest BCUT2D eigenvalue weighted by atomic mass is 16.5. The van der Waals surface area contributed by atoms with Crippen molar-refractivity contribution in [3.8, 4) is 11.5 Å². The fraction of sp³-hybridized carbons (Fsp3) is 0.391. The number of rotatable bonds is 6. The predicted octanol–water partition coefficient (Wildman–Crippen LogP) is 2.98. The number of ether oxygens (including phenoxy) is 2. The molecule has 0 atom stereocenters. The average molecular weight is 396 g/mol. The Morgan fingerprint density at radius 2 is 1.72 bits per heavy atom. The number of carbonyl (C=O) groups excluding carboxylic acids is 2. The zero-order chi connectivity index (χ0) is 20.8. The van der Waals surface area contributed by atoms with Crippen molar-refractivity contribution in [3.05, 3.63) is 59.2 Å². The number of piperidine rings is 1. The highest BCUT2D eigenvalue weighted by Crippen LogP contribution is 2.27. The van der Waals surface area contributed by atoms with Crippen LogP contribution in [0, 0.1) is 6.92 Å². The Bertz CT molecular complexity index is 873. The molecule has 0 aliphatic carbocycles. The van der Waals surface area contributed by atoms with Crippen LogP contribution in [-0.4, -0.2) is 50.1 Å². The van der Waals surface area contributed by atoms with Gasteiger partial charge in [-0.15, -0.1) is 0 Å². The monoisotopic (exact) mass is 396 g/mol. The second kappa shape index (κ2) is 9.45. The van der Waals surface area contributed by atoms with Gasteiger partial charge in [0.2, 0.25) is 5.91 Å². The Hall–Kier alpha value is -3.02. The van der Waals surface area contributed by atoms with Gasteiger partial charge in [-0.25, -0.2) is 0 Å². The largest absolute Gasteiger partial charge is 0.493 e. The maximum Gasteiger partial charge on any atom is 0.251 e. The molecule has 1 saturated heterocycles. The summed E-state index contributed by atoms with van der Waals surface area (Å²) >= 11 is 0. The third-order valence-corrected chi connectivity index (χ3v) is 5.43. The van der Waals surface area contributed by atoms with Crippen LogP contribution in [0.5, 0.6) is 11.5 Å². The first-order valence-electron chi connectivity index (χ1n) is 9.87. The molecule has 0 spiro atoms. The van der Waals surface area contributed by atoms with E-state index in [1.54, 1.807) is 32.4 Å². The molecule has 0 bridgehead atoms. The second-order valence-corrected chi connectivity index (χ2v) is 7.30. The molecule has 6 nitrogen and oxygen atoms in total. The number of nitrogens with one attached hydrogen (secondary N) is 1. The van der Waals surface area contributed by atoms with E-state index in [9.17, 15) is 9.59 Å². The quantitative estimate of drug-likeness (QED) is 0.815. The number of hydrogen-bond acceptors (Lipinski definition) is 4. The molecular formula is C23H28N2O4. The summed E-state index contributed by atoms with van der Waals surface area (Å²) in [5.41, 5.74) is 2.74. The Labute approximate surface area is 171 Å². The number of hydrogen-bond donors (Lipinski definition) is 1. The molecule has 0 aromatic heterocycles. The van der Waals surface area contributed by atoms with Gasteiger partial charge in [0.25, 0.3) is 5.91 Å². The van der Waals surface area contributed by atoms with Crippen LogP contribution in [0.1, 0.15) is 34.3 Å². The molecule has 1 aliphatic rings. The fourth-order valence-electron chi connectivity index (χ4n) is 3.60. The number of amides is 2. The van der Waals surface area contributed by atoms with Crippen LogP contribution in [0.2, 0.25) is 0 Å². The summed E-state index contributed by atoms with van der Waals surface area (Å²) in [6.45, 7) is 3.34. The minimum absolute atomic E-state index is 0.0538. The zero-order valence-electron chi connectivity index (χ0n) is 17.2. The van der Waals surface area contributed by atoms with Crippen LogP contribution in [0.4, 0.5) is 0 Å². The summed E-state index contributed by atoms with van der Waals surface area (Å²) < 4.78 is 10.5. The zero-order valence-corrected chi connectivity index (χ0v) is 17.2. The highest BCUT2D eigenvalue weighted by Gasteiger charge is 2.24.